The van der Waals surface area contributed by atoms with Crippen molar-refractivity contribution in [3.8, 4) is 0 Å². The second-order valence-electron chi connectivity index (χ2n) is 11.6. The highest BCUT2D eigenvalue weighted by atomic mass is 16.3. The third-order valence-corrected chi connectivity index (χ3v) is 7.73. The van der Waals surface area contributed by atoms with Gasteiger partial charge >= 0.3 is 34.1 Å². The Balaban J connectivity index is 2.61. The van der Waals surface area contributed by atoms with Crippen LogP contribution in [0.25, 0.3) is 0 Å². The van der Waals surface area contributed by atoms with E-state index in [1.54, 1.807) is 13.8 Å². The Labute approximate surface area is 243 Å². The molecule has 3 atom stereocenters. The zero-order valence-corrected chi connectivity index (χ0v) is 25.6. The van der Waals surface area contributed by atoms with Crippen molar-refractivity contribution in [1.82, 2.24) is 27.4 Å². The standard InChI is InChI=1S/C28H46N6O8/c1-8-12-14-30-24(39)33(27(42)34(26(30)41)19(5)10-3)18-21(36)17-32-23(38)29(13-9-2)22(37)31(25(32)40)16-20(35)15-28(6,7)11-4/h9,19-21,35-36H,2,8,10-18H2,1,3-7H3. The van der Waals surface area contributed by atoms with Crippen LogP contribution in [-0.4, -0.2) is 49.8 Å². The van der Waals surface area contributed by atoms with Crippen LogP contribution in [0.2, 0.25) is 0 Å². The van der Waals surface area contributed by atoms with E-state index in [4.69, 9.17) is 0 Å². The number of aromatic nitrogens is 6. The maximum Gasteiger partial charge on any atom is 0.336 e. The lowest BCUT2D eigenvalue weighted by molar-refractivity contribution is 0.0905. The van der Waals surface area contributed by atoms with Crippen molar-refractivity contribution < 1.29 is 10.2 Å². The van der Waals surface area contributed by atoms with Gasteiger partial charge in [0.05, 0.1) is 38.4 Å². The van der Waals surface area contributed by atoms with E-state index in [1.165, 1.54) is 6.08 Å². The van der Waals surface area contributed by atoms with E-state index in [-0.39, 0.29) is 31.5 Å². The molecule has 2 aromatic heterocycles. The van der Waals surface area contributed by atoms with Gasteiger partial charge in [-0.1, -0.05) is 53.5 Å². The molecule has 0 radical (unpaired) electrons. The van der Waals surface area contributed by atoms with Gasteiger partial charge in [0.25, 0.3) is 0 Å². The highest BCUT2D eigenvalue weighted by Gasteiger charge is 2.25. The molecule has 0 saturated heterocycles. The highest BCUT2D eigenvalue weighted by Crippen LogP contribution is 2.26. The van der Waals surface area contributed by atoms with Crippen LogP contribution in [0.15, 0.2) is 41.4 Å². The SMILES string of the molecule is C=CCn1c(=O)n(CC(O)Cn2c(=O)n(CCCC)c(=O)n(C(C)CC)c2=O)c(=O)n(CC(O)CC(C)(C)CC)c1=O. The summed E-state index contributed by atoms with van der Waals surface area (Å²) in [5.41, 5.74) is -5.81. The van der Waals surface area contributed by atoms with Gasteiger partial charge in [-0.3, -0.25) is 0 Å². The molecular formula is C28H46N6O8. The Hall–Kier alpha value is -3.52. The monoisotopic (exact) mass is 594 g/mol. The minimum atomic E-state index is -1.60. The Morgan fingerprint density at radius 2 is 1.19 bits per heavy atom. The molecule has 0 bridgehead atoms. The summed E-state index contributed by atoms with van der Waals surface area (Å²) < 4.78 is 4.78. The summed E-state index contributed by atoms with van der Waals surface area (Å²) >= 11 is 0. The molecule has 2 aromatic rings. The third-order valence-electron chi connectivity index (χ3n) is 7.73. The van der Waals surface area contributed by atoms with Gasteiger partial charge in [0.1, 0.15) is 0 Å². The summed E-state index contributed by atoms with van der Waals surface area (Å²) in [5.74, 6) is 0. The molecule has 0 saturated carbocycles. The van der Waals surface area contributed by atoms with Crippen molar-refractivity contribution in [3.05, 3.63) is 75.6 Å². The molecule has 2 rings (SSSR count). The molecule has 0 fully saturated rings. The molecule has 0 aliphatic heterocycles. The van der Waals surface area contributed by atoms with Gasteiger partial charge in [0.15, 0.2) is 0 Å². The molecule has 0 aliphatic rings. The van der Waals surface area contributed by atoms with Gasteiger partial charge < -0.3 is 10.2 Å². The number of allylic oxidation sites excluding steroid dienone is 1. The van der Waals surface area contributed by atoms with E-state index in [2.05, 4.69) is 6.58 Å². The molecule has 14 heteroatoms. The average Bonchev–Trinajstić information content (AvgIpc) is 2.93. The van der Waals surface area contributed by atoms with Gasteiger partial charge in [-0.2, -0.15) is 0 Å². The molecule has 42 heavy (non-hydrogen) atoms. The lowest BCUT2D eigenvalue weighted by Crippen LogP contribution is -2.58. The van der Waals surface area contributed by atoms with E-state index in [0.717, 1.165) is 29.3 Å². The summed E-state index contributed by atoms with van der Waals surface area (Å²) in [6.45, 7) is 12.9. The fourth-order valence-electron chi connectivity index (χ4n) is 4.69. The van der Waals surface area contributed by atoms with Gasteiger partial charge in [-0.25, -0.2) is 56.2 Å². The summed E-state index contributed by atoms with van der Waals surface area (Å²) in [6.07, 6.45) is 1.30. The Morgan fingerprint density at radius 3 is 1.67 bits per heavy atom. The zero-order chi connectivity index (χ0) is 31.9. The summed E-state index contributed by atoms with van der Waals surface area (Å²) in [7, 11) is 0. The molecule has 3 unspecified atom stereocenters. The maximum atomic E-state index is 13.3. The number of aliphatic hydroxyl groups is 2. The Morgan fingerprint density at radius 1 is 0.738 bits per heavy atom. The van der Waals surface area contributed by atoms with E-state index < -0.39 is 65.5 Å². The molecule has 2 N–H and O–H groups in total. The minimum absolute atomic E-state index is 0.0782. The first-order valence-corrected chi connectivity index (χ1v) is 14.5. The molecule has 0 amide bonds. The molecule has 0 aliphatic carbocycles. The number of hydrogen-bond acceptors (Lipinski definition) is 8. The molecule has 0 spiro atoms. The first kappa shape index (κ1) is 34.7. The fourth-order valence-corrected chi connectivity index (χ4v) is 4.69. The largest absolute Gasteiger partial charge is 0.391 e. The van der Waals surface area contributed by atoms with Crippen LogP contribution >= 0.6 is 0 Å². The van der Waals surface area contributed by atoms with Crippen LogP contribution in [0.3, 0.4) is 0 Å². The van der Waals surface area contributed by atoms with Crippen LogP contribution in [0.1, 0.15) is 79.7 Å². The lowest BCUT2D eigenvalue weighted by Gasteiger charge is -2.26. The molecule has 2 heterocycles. The first-order chi connectivity index (χ1) is 19.6. The highest BCUT2D eigenvalue weighted by molar-refractivity contribution is 4.86. The number of nitrogens with zero attached hydrogens (tertiary/aromatic N) is 6. The number of rotatable bonds is 16. The summed E-state index contributed by atoms with van der Waals surface area (Å²) in [4.78, 5) is 79.0. The quantitative estimate of drug-likeness (QED) is 0.253. The van der Waals surface area contributed by atoms with E-state index in [9.17, 15) is 39.0 Å². The van der Waals surface area contributed by atoms with Crippen LogP contribution < -0.4 is 34.1 Å². The maximum absolute atomic E-state index is 13.3. The van der Waals surface area contributed by atoms with Crippen LogP contribution in [0.5, 0.6) is 0 Å². The number of aliphatic hydroxyl groups excluding tert-OH is 2. The van der Waals surface area contributed by atoms with Crippen molar-refractivity contribution in [3.63, 3.8) is 0 Å². The first-order valence-electron chi connectivity index (χ1n) is 14.5. The van der Waals surface area contributed by atoms with E-state index in [1.807, 2.05) is 27.7 Å². The predicted octanol–water partition coefficient (Wildman–Crippen LogP) is -0.138. The Kier molecular flexibility index (Phi) is 12.0. The van der Waals surface area contributed by atoms with Gasteiger partial charge in [-0.05, 0) is 31.6 Å². The minimum Gasteiger partial charge on any atom is -0.391 e. The molecular weight excluding hydrogens is 548 g/mol. The lowest BCUT2D eigenvalue weighted by atomic mass is 9.84. The van der Waals surface area contributed by atoms with Crippen LogP contribution in [0.4, 0.5) is 0 Å². The Bertz CT molecular complexity index is 1600. The van der Waals surface area contributed by atoms with Crippen molar-refractivity contribution in [1.29, 1.82) is 0 Å². The second kappa shape index (κ2) is 14.6. The number of unbranched alkanes of at least 4 members (excludes halogenated alkanes) is 1. The third kappa shape index (κ3) is 7.65. The second-order valence-corrected chi connectivity index (χ2v) is 11.6. The smallest absolute Gasteiger partial charge is 0.336 e. The van der Waals surface area contributed by atoms with Crippen molar-refractivity contribution in [2.24, 2.45) is 5.41 Å². The van der Waals surface area contributed by atoms with Gasteiger partial charge in [-0.15, -0.1) is 6.58 Å². The molecule has 236 valence electrons. The van der Waals surface area contributed by atoms with Crippen LogP contribution in [-0.2, 0) is 32.7 Å². The van der Waals surface area contributed by atoms with Crippen molar-refractivity contribution in [2.75, 3.05) is 0 Å². The molecule has 14 nitrogen and oxygen atoms in total. The van der Waals surface area contributed by atoms with Crippen molar-refractivity contribution >= 4 is 0 Å². The fraction of sp³-hybridized carbons (Fsp3) is 0.714. The average molecular weight is 595 g/mol. The molecule has 0 aromatic carbocycles. The predicted molar refractivity (Wildman–Crippen MR) is 159 cm³/mol. The van der Waals surface area contributed by atoms with E-state index in [0.29, 0.717) is 23.8 Å². The van der Waals surface area contributed by atoms with Gasteiger partial charge in [0.2, 0.25) is 0 Å². The van der Waals surface area contributed by atoms with Crippen molar-refractivity contribution in [2.45, 2.75) is 125 Å². The summed E-state index contributed by atoms with van der Waals surface area (Å²) in [5, 5.41) is 21.6. The van der Waals surface area contributed by atoms with E-state index >= 15 is 0 Å². The topological polar surface area (TPSA) is 172 Å². The normalized spacial score (nSPS) is 14.1. The summed E-state index contributed by atoms with van der Waals surface area (Å²) in [6, 6.07) is -0.525. The van der Waals surface area contributed by atoms with Crippen LogP contribution in [0, 0.1) is 5.41 Å². The van der Waals surface area contributed by atoms with Gasteiger partial charge in [0, 0.05) is 12.6 Å². The number of hydrogen-bond donors (Lipinski definition) is 2. The zero-order valence-electron chi connectivity index (χ0n) is 25.6.